The fraction of sp³-hybridized carbons (Fsp3) is 0.321. The number of aromatic nitrogens is 1. The van der Waals surface area contributed by atoms with Gasteiger partial charge in [0.15, 0.2) is 5.78 Å². The van der Waals surface area contributed by atoms with Crippen LogP contribution in [-0.4, -0.2) is 29.0 Å². The Morgan fingerprint density at radius 2 is 1.69 bits per heavy atom. The highest BCUT2D eigenvalue weighted by molar-refractivity contribution is 6.30. The molecule has 0 amide bonds. The summed E-state index contributed by atoms with van der Waals surface area (Å²) in [5, 5.41) is 0.554. The summed E-state index contributed by atoms with van der Waals surface area (Å²) < 4.78 is 12.3. The standard InChI is InChI=1S/C28H30ClNO5/c1-17-7-12-21(29)14-22(17)23-15-26(32)30(16-25(23)34-6)18(2)24(31)13-19-8-10-20(11-9-19)27(33)35-28(3,4)5/h7-12,14-16,18H,13H2,1-6H3. The first kappa shape index (κ1) is 26.2. The zero-order chi connectivity index (χ0) is 25.9. The van der Waals surface area contributed by atoms with Crippen molar-refractivity contribution in [3.63, 3.8) is 0 Å². The number of carbonyl (C=O) groups is 2. The van der Waals surface area contributed by atoms with E-state index in [1.54, 1.807) is 70.3 Å². The fourth-order valence-corrected chi connectivity index (χ4v) is 3.86. The summed E-state index contributed by atoms with van der Waals surface area (Å²) in [6, 6.07) is 12.9. The smallest absolute Gasteiger partial charge is 0.338 e. The van der Waals surface area contributed by atoms with Gasteiger partial charge in [-0.3, -0.25) is 9.59 Å². The minimum absolute atomic E-state index is 0.111. The Morgan fingerprint density at radius 1 is 1.03 bits per heavy atom. The molecule has 0 radical (unpaired) electrons. The molecule has 0 fully saturated rings. The molecular weight excluding hydrogens is 466 g/mol. The van der Waals surface area contributed by atoms with Gasteiger partial charge in [0.1, 0.15) is 11.4 Å². The second-order valence-corrected chi connectivity index (χ2v) is 9.91. The third-order valence-corrected chi connectivity index (χ3v) is 5.84. The van der Waals surface area contributed by atoms with Crippen molar-refractivity contribution in [1.82, 2.24) is 4.57 Å². The summed E-state index contributed by atoms with van der Waals surface area (Å²) in [6.45, 7) is 9.02. The molecule has 3 aromatic rings. The van der Waals surface area contributed by atoms with E-state index in [2.05, 4.69) is 0 Å². The van der Waals surface area contributed by atoms with Crippen LogP contribution >= 0.6 is 11.6 Å². The average molecular weight is 496 g/mol. The van der Waals surface area contributed by atoms with Gasteiger partial charge in [-0.2, -0.15) is 0 Å². The molecule has 7 heteroatoms. The van der Waals surface area contributed by atoms with Crippen molar-refractivity contribution in [2.45, 2.75) is 52.7 Å². The lowest BCUT2D eigenvalue weighted by Crippen LogP contribution is -2.28. The zero-order valence-electron chi connectivity index (χ0n) is 20.8. The first-order valence-electron chi connectivity index (χ1n) is 11.3. The molecule has 0 bridgehead atoms. The monoisotopic (exact) mass is 495 g/mol. The van der Waals surface area contributed by atoms with Crippen molar-refractivity contribution in [3.05, 3.63) is 86.8 Å². The summed E-state index contributed by atoms with van der Waals surface area (Å²) in [5.41, 5.74) is 2.60. The van der Waals surface area contributed by atoms with Gasteiger partial charge in [0, 0.05) is 23.1 Å². The van der Waals surface area contributed by atoms with Crippen LogP contribution in [0.15, 0.2) is 59.5 Å². The molecule has 0 saturated heterocycles. The van der Waals surface area contributed by atoms with Crippen molar-refractivity contribution >= 4 is 23.4 Å². The summed E-state index contributed by atoms with van der Waals surface area (Å²) in [4.78, 5) is 38.2. The van der Waals surface area contributed by atoms with E-state index in [1.807, 2.05) is 13.0 Å². The van der Waals surface area contributed by atoms with Crippen LogP contribution in [0, 0.1) is 6.92 Å². The molecule has 35 heavy (non-hydrogen) atoms. The topological polar surface area (TPSA) is 74.6 Å². The number of esters is 1. The maximum absolute atomic E-state index is 13.0. The van der Waals surface area contributed by atoms with E-state index in [4.69, 9.17) is 21.1 Å². The van der Waals surface area contributed by atoms with Gasteiger partial charge in [-0.15, -0.1) is 0 Å². The maximum Gasteiger partial charge on any atom is 0.338 e. The van der Waals surface area contributed by atoms with Gasteiger partial charge in [-0.25, -0.2) is 4.79 Å². The second kappa shape index (κ2) is 10.5. The van der Waals surface area contributed by atoms with Crippen molar-refractivity contribution in [3.8, 4) is 16.9 Å². The van der Waals surface area contributed by atoms with Gasteiger partial charge in [0.25, 0.3) is 5.56 Å². The van der Waals surface area contributed by atoms with Crippen molar-refractivity contribution in [2.75, 3.05) is 7.11 Å². The van der Waals surface area contributed by atoms with Crippen LogP contribution in [0.4, 0.5) is 0 Å². The van der Waals surface area contributed by atoms with Crippen LogP contribution in [0.5, 0.6) is 5.75 Å². The van der Waals surface area contributed by atoms with Gasteiger partial charge in [-0.1, -0.05) is 29.8 Å². The highest BCUT2D eigenvalue weighted by atomic mass is 35.5. The molecule has 1 unspecified atom stereocenters. The van der Waals surface area contributed by atoms with E-state index < -0.39 is 17.6 Å². The Balaban J connectivity index is 1.82. The van der Waals surface area contributed by atoms with Crippen LogP contribution in [0.3, 0.4) is 0 Å². The average Bonchev–Trinajstić information content (AvgIpc) is 2.79. The lowest BCUT2D eigenvalue weighted by atomic mass is 10.00. The third kappa shape index (κ3) is 6.40. The Kier molecular flexibility index (Phi) is 7.86. The number of hydrogen-bond acceptors (Lipinski definition) is 5. The lowest BCUT2D eigenvalue weighted by Gasteiger charge is -2.19. The molecule has 0 aliphatic carbocycles. The van der Waals surface area contributed by atoms with Gasteiger partial charge >= 0.3 is 5.97 Å². The van der Waals surface area contributed by atoms with Gasteiger partial charge in [0.05, 0.1) is 24.9 Å². The third-order valence-electron chi connectivity index (χ3n) is 5.60. The van der Waals surface area contributed by atoms with Crippen LogP contribution < -0.4 is 10.3 Å². The minimum Gasteiger partial charge on any atom is -0.495 e. The molecule has 0 saturated carbocycles. The predicted octanol–water partition coefficient (Wildman–Crippen LogP) is 5.81. The molecule has 2 aromatic carbocycles. The van der Waals surface area contributed by atoms with E-state index in [1.165, 1.54) is 17.7 Å². The molecule has 1 aromatic heterocycles. The van der Waals surface area contributed by atoms with E-state index in [0.29, 0.717) is 21.9 Å². The normalized spacial score (nSPS) is 12.2. The van der Waals surface area contributed by atoms with Crippen molar-refractivity contribution in [2.24, 2.45) is 0 Å². The zero-order valence-corrected chi connectivity index (χ0v) is 21.6. The van der Waals surface area contributed by atoms with Crippen LogP contribution in [0.1, 0.15) is 55.2 Å². The Hall–Kier alpha value is -3.38. The largest absolute Gasteiger partial charge is 0.495 e. The summed E-state index contributed by atoms with van der Waals surface area (Å²) >= 11 is 6.16. The number of methoxy groups -OCH3 is 1. The molecule has 184 valence electrons. The number of aryl methyl sites for hydroxylation is 1. The van der Waals surface area contributed by atoms with Crippen LogP contribution in [0.25, 0.3) is 11.1 Å². The Labute approximate surface area is 210 Å². The van der Waals surface area contributed by atoms with Crippen LogP contribution in [-0.2, 0) is 16.0 Å². The number of nitrogens with zero attached hydrogens (tertiary/aromatic N) is 1. The van der Waals surface area contributed by atoms with Crippen molar-refractivity contribution < 1.29 is 19.1 Å². The molecular formula is C28H30ClNO5. The van der Waals surface area contributed by atoms with E-state index in [9.17, 15) is 14.4 Å². The minimum atomic E-state index is -0.712. The summed E-state index contributed by atoms with van der Waals surface area (Å²) in [5.74, 6) is -0.0976. The number of hydrogen-bond donors (Lipinski definition) is 0. The summed E-state index contributed by atoms with van der Waals surface area (Å²) in [6.07, 6.45) is 1.67. The number of benzene rings is 2. The number of Topliss-reactive ketones (excluding diaryl/α,β-unsaturated/α-hetero) is 1. The molecule has 0 N–H and O–H groups in total. The van der Waals surface area contributed by atoms with E-state index in [0.717, 1.165) is 16.7 Å². The Morgan fingerprint density at radius 3 is 2.29 bits per heavy atom. The predicted molar refractivity (Wildman–Crippen MR) is 137 cm³/mol. The second-order valence-electron chi connectivity index (χ2n) is 9.48. The molecule has 3 rings (SSSR count). The first-order valence-corrected chi connectivity index (χ1v) is 11.7. The quantitative estimate of drug-likeness (QED) is 0.386. The number of pyridine rings is 1. The highest BCUT2D eigenvalue weighted by Gasteiger charge is 2.21. The first-order chi connectivity index (χ1) is 16.4. The van der Waals surface area contributed by atoms with E-state index >= 15 is 0 Å². The number of ketones is 1. The molecule has 0 spiro atoms. The summed E-state index contributed by atoms with van der Waals surface area (Å²) in [7, 11) is 1.52. The highest BCUT2D eigenvalue weighted by Crippen LogP contribution is 2.33. The number of rotatable bonds is 7. The van der Waals surface area contributed by atoms with Gasteiger partial charge in [-0.05, 0) is 75.6 Å². The fourth-order valence-electron chi connectivity index (χ4n) is 3.69. The molecule has 0 aliphatic heterocycles. The SMILES string of the molecule is COc1cn(C(C)C(=O)Cc2ccc(C(=O)OC(C)(C)C)cc2)c(=O)cc1-c1cc(Cl)ccc1C. The van der Waals surface area contributed by atoms with E-state index in [-0.39, 0.29) is 17.8 Å². The number of carbonyl (C=O) groups excluding carboxylic acids is 2. The maximum atomic E-state index is 13.0. The van der Waals surface area contributed by atoms with Gasteiger partial charge < -0.3 is 14.0 Å². The molecule has 1 heterocycles. The Bertz CT molecular complexity index is 1300. The van der Waals surface area contributed by atoms with Crippen LogP contribution in [0.2, 0.25) is 5.02 Å². The molecule has 6 nitrogen and oxygen atoms in total. The van der Waals surface area contributed by atoms with Crippen molar-refractivity contribution in [1.29, 1.82) is 0 Å². The molecule has 1 atom stereocenters. The number of halogens is 1. The van der Waals surface area contributed by atoms with Gasteiger partial charge in [0.2, 0.25) is 0 Å². The number of ether oxygens (including phenoxy) is 2. The lowest BCUT2D eigenvalue weighted by molar-refractivity contribution is -0.121. The molecule has 0 aliphatic rings.